The molecular weight excluding hydrogens is 527 g/mol. The average Bonchev–Trinajstić information content (AvgIpc) is 2.94. The predicted molar refractivity (Wildman–Crippen MR) is 147 cm³/mol. The molecule has 9 heteroatoms. The second-order valence-electron chi connectivity index (χ2n) is 8.42. The number of benzene rings is 4. The molecular formula is C29H26Cl2N2O5. The molecule has 4 aromatic carbocycles. The molecule has 0 aromatic heterocycles. The fourth-order valence-electron chi connectivity index (χ4n) is 3.80. The molecule has 0 saturated carbocycles. The number of hydroxylamine groups is 2. The maximum Gasteiger partial charge on any atom is 0.293 e. The number of ether oxygens (including phenoxy) is 2. The van der Waals surface area contributed by atoms with E-state index < -0.39 is 12.1 Å². The van der Waals surface area contributed by atoms with Gasteiger partial charge in [0.25, 0.3) is 12.4 Å². The largest absolute Gasteiger partial charge is 0.487 e. The normalized spacial score (nSPS) is 11.8. The van der Waals surface area contributed by atoms with Gasteiger partial charge in [0.2, 0.25) is 0 Å². The highest BCUT2D eigenvalue weighted by Crippen LogP contribution is 2.31. The highest BCUT2D eigenvalue weighted by molar-refractivity contribution is 6.42. The molecule has 0 saturated heterocycles. The van der Waals surface area contributed by atoms with E-state index in [4.69, 9.17) is 37.5 Å². The molecule has 0 heterocycles. The van der Waals surface area contributed by atoms with Crippen molar-refractivity contribution in [3.05, 3.63) is 112 Å². The summed E-state index contributed by atoms with van der Waals surface area (Å²) in [6, 6.07) is 26.0. The van der Waals surface area contributed by atoms with Gasteiger partial charge in [-0.3, -0.25) is 14.4 Å². The van der Waals surface area contributed by atoms with E-state index in [2.05, 4.69) is 5.32 Å². The van der Waals surface area contributed by atoms with Crippen molar-refractivity contribution in [2.75, 3.05) is 13.7 Å². The van der Waals surface area contributed by atoms with Gasteiger partial charge < -0.3 is 14.8 Å². The zero-order valence-electron chi connectivity index (χ0n) is 20.6. The van der Waals surface area contributed by atoms with Gasteiger partial charge in [-0.1, -0.05) is 89.9 Å². The third-order valence-corrected chi connectivity index (χ3v) is 6.57. The van der Waals surface area contributed by atoms with Crippen LogP contribution in [0.2, 0.25) is 10.0 Å². The van der Waals surface area contributed by atoms with Crippen molar-refractivity contribution in [3.8, 4) is 5.75 Å². The molecule has 1 N–H and O–H groups in total. The third-order valence-electron chi connectivity index (χ3n) is 5.83. The van der Waals surface area contributed by atoms with Crippen LogP contribution in [0.15, 0.2) is 84.9 Å². The van der Waals surface area contributed by atoms with Gasteiger partial charge in [0.1, 0.15) is 25.1 Å². The Bertz CT molecular complexity index is 1400. The van der Waals surface area contributed by atoms with Crippen LogP contribution in [0, 0.1) is 0 Å². The van der Waals surface area contributed by atoms with E-state index >= 15 is 0 Å². The lowest BCUT2D eigenvalue weighted by Crippen LogP contribution is -2.49. The van der Waals surface area contributed by atoms with E-state index in [1.54, 1.807) is 25.2 Å². The molecule has 4 rings (SSSR count). The molecule has 0 aliphatic rings. The molecule has 1 amide bonds. The summed E-state index contributed by atoms with van der Waals surface area (Å²) >= 11 is 12.2. The van der Waals surface area contributed by atoms with Gasteiger partial charge in [-0.05, 0) is 34.7 Å². The van der Waals surface area contributed by atoms with Crippen LogP contribution in [0.4, 0.5) is 0 Å². The Morgan fingerprint density at radius 2 is 1.68 bits per heavy atom. The van der Waals surface area contributed by atoms with Crippen molar-refractivity contribution in [2.24, 2.45) is 0 Å². The van der Waals surface area contributed by atoms with Crippen molar-refractivity contribution >= 4 is 46.4 Å². The first-order valence-electron chi connectivity index (χ1n) is 11.8. The van der Waals surface area contributed by atoms with Crippen molar-refractivity contribution in [3.63, 3.8) is 0 Å². The number of carbonyl (C=O) groups excluding carboxylic acids is 2. The standard InChI is InChI=1S/C29H26Cl2N2O5/c1-33(38-17-20-7-3-2-4-8-20)27(18-36-19-34)32-29(35)24-13-12-22-9-5-6-10-23(22)28(24)37-16-21-11-14-25(30)26(31)15-21/h2-15,19,27H,16-18H2,1H3,(H,32,35). The number of amides is 1. The summed E-state index contributed by atoms with van der Waals surface area (Å²) in [4.78, 5) is 30.2. The fraction of sp³-hybridized carbons (Fsp3) is 0.172. The van der Waals surface area contributed by atoms with Gasteiger partial charge in [0.05, 0.1) is 22.2 Å². The number of nitrogens with one attached hydrogen (secondary N) is 1. The van der Waals surface area contributed by atoms with Crippen LogP contribution in [0.1, 0.15) is 21.5 Å². The van der Waals surface area contributed by atoms with E-state index in [-0.39, 0.29) is 19.8 Å². The maximum absolute atomic E-state index is 13.5. The first kappa shape index (κ1) is 27.4. The van der Waals surface area contributed by atoms with Crippen LogP contribution in [0.3, 0.4) is 0 Å². The summed E-state index contributed by atoms with van der Waals surface area (Å²) in [5.74, 6) is -0.0101. The second-order valence-corrected chi connectivity index (χ2v) is 9.24. The van der Waals surface area contributed by atoms with Gasteiger partial charge in [-0.15, -0.1) is 0 Å². The molecule has 0 aliphatic heterocycles. The number of hydrogen-bond donors (Lipinski definition) is 1. The highest BCUT2D eigenvalue weighted by Gasteiger charge is 2.23. The Kier molecular flexibility index (Phi) is 9.56. The predicted octanol–water partition coefficient (Wildman–Crippen LogP) is 6.02. The van der Waals surface area contributed by atoms with Gasteiger partial charge in [0.15, 0.2) is 0 Å². The lowest BCUT2D eigenvalue weighted by atomic mass is 10.0. The van der Waals surface area contributed by atoms with Crippen LogP contribution >= 0.6 is 23.2 Å². The minimum absolute atomic E-state index is 0.117. The quantitative estimate of drug-likeness (QED) is 0.131. The van der Waals surface area contributed by atoms with Crippen molar-refractivity contribution in [1.82, 2.24) is 10.4 Å². The molecule has 1 unspecified atom stereocenters. The molecule has 0 aliphatic carbocycles. The SMILES string of the molecule is CN(OCc1ccccc1)C(COC=O)NC(=O)c1ccc2ccccc2c1OCc1ccc(Cl)c(Cl)c1. The first-order valence-corrected chi connectivity index (χ1v) is 12.6. The number of hydrogen-bond acceptors (Lipinski definition) is 6. The molecule has 0 fully saturated rings. The average molecular weight is 553 g/mol. The molecule has 1 atom stereocenters. The second kappa shape index (κ2) is 13.3. The number of carbonyl (C=O) groups is 2. The van der Waals surface area contributed by atoms with E-state index in [9.17, 15) is 9.59 Å². The van der Waals surface area contributed by atoms with E-state index in [0.717, 1.165) is 21.9 Å². The summed E-state index contributed by atoms with van der Waals surface area (Å²) in [7, 11) is 1.66. The highest BCUT2D eigenvalue weighted by atomic mass is 35.5. The zero-order chi connectivity index (χ0) is 26.9. The number of rotatable bonds is 12. The topological polar surface area (TPSA) is 77.1 Å². The molecule has 7 nitrogen and oxygen atoms in total. The van der Waals surface area contributed by atoms with Gasteiger partial charge >= 0.3 is 0 Å². The van der Waals surface area contributed by atoms with Gasteiger partial charge in [-0.2, -0.15) is 5.06 Å². The minimum atomic E-state index is -0.759. The van der Waals surface area contributed by atoms with Crippen LogP contribution in [-0.4, -0.2) is 37.3 Å². The lowest BCUT2D eigenvalue weighted by molar-refractivity contribution is -0.192. The molecule has 4 aromatic rings. The molecule has 196 valence electrons. The smallest absolute Gasteiger partial charge is 0.293 e. The van der Waals surface area contributed by atoms with Gasteiger partial charge in [0, 0.05) is 12.4 Å². The van der Waals surface area contributed by atoms with Crippen molar-refractivity contribution in [2.45, 2.75) is 19.4 Å². The summed E-state index contributed by atoms with van der Waals surface area (Å²) < 4.78 is 11.1. The number of fused-ring (bicyclic) bond motifs is 1. The number of likely N-dealkylation sites (N-methyl/N-ethyl adjacent to an activating group) is 1. The van der Waals surface area contributed by atoms with E-state index in [1.165, 1.54) is 5.06 Å². The number of nitrogens with zero attached hydrogens (tertiary/aromatic N) is 1. The Morgan fingerprint density at radius 3 is 2.45 bits per heavy atom. The number of halogens is 2. The summed E-state index contributed by atoms with van der Waals surface area (Å²) in [6.07, 6.45) is -0.759. The summed E-state index contributed by atoms with van der Waals surface area (Å²) in [6.45, 7) is 0.654. The summed E-state index contributed by atoms with van der Waals surface area (Å²) in [5.41, 5.74) is 2.06. The van der Waals surface area contributed by atoms with Crippen LogP contribution in [-0.2, 0) is 27.6 Å². The molecule has 0 radical (unpaired) electrons. The van der Waals surface area contributed by atoms with E-state index in [1.807, 2.05) is 66.7 Å². The molecule has 38 heavy (non-hydrogen) atoms. The van der Waals surface area contributed by atoms with Crippen molar-refractivity contribution in [1.29, 1.82) is 0 Å². The lowest BCUT2D eigenvalue weighted by Gasteiger charge is -2.27. The van der Waals surface area contributed by atoms with Crippen molar-refractivity contribution < 1.29 is 23.9 Å². The zero-order valence-corrected chi connectivity index (χ0v) is 22.1. The van der Waals surface area contributed by atoms with Crippen LogP contribution < -0.4 is 10.1 Å². The molecule has 0 bridgehead atoms. The Balaban J connectivity index is 1.56. The monoisotopic (exact) mass is 552 g/mol. The third kappa shape index (κ3) is 7.02. The maximum atomic E-state index is 13.5. The van der Waals surface area contributed by atoms with Crippen LogP contribution in [0.5, 0.6) is 5.75 Å². The Labute approximate surface area is 230 Å². The minimum Gasteiger partial charge on any atom is -0.487 e. The Morgan fingerprint density at radius 1 is 0.921 bits per heavy atom. The fourth-order valence-corrected chi connectivity index (χ4v) is 4.12. The van der Waals surface area contributed by atoms with Gasteiger partial charge in [-0.25, -0.2) is 0 Å². The van der Waals surface area contributed by atoms with Crippen LogP contribution in [0.25, 0.3) is 10.8 Å². The Hall–Kier alpha value is -3.62. The van der Waals surface area contributed by atoms with E-state index in [0.29, 0.717) is 27.8 Å². The summed E-state index contributed by atoms with van der Waals surface area (Å²) in [5, 5.41) is 6.88. The molecule has 0 spiro atoms. The first-order chi connectivity index (χ1) is 18.5.